The van der Waals surface area contributed by atoms with Crippen LogP contribution >= 0.6 is 0 Å². The number of nitrogens with one attached hydrogen (secondary N) is 1. The third kappa shape index (κ3) is 2.41. The molecule has 7 heteroatoms. The highest BCUT2D eigenvalue weighted by Crippen LogP contribution is 2.21. The molecule has 4 aromatic heterocycles. The lowest BCUT2D eigenvalue weighted by Crippen LogP contribution is -2.01. The Bertz CT molecular complexity index is 1230. The average Bonchev–Trinajstić information content (AvgIpc) is 3.32. The van der Waals surface area contributed by atoms with Crippen molar-refractivity contribution in [2.24, 2.45) is 0 Å². The lowest BCUT2D eigenvalue weighted by atomic mass is 10.1. The van der Waals surface area contributed by atoms with Crippen LogP contribution in [0.1, 0.15) is 11.3 Å². The molecule has 0 aliphatic heterocycles. The second kappa shape index (κ2) is 5.73. The maximum atomic E-state index is 14.5. The first-order valence-corrected chi connectivity index (χ1v) is 8.14. The molecule has 26 heavy (non-hydrogen) atoms. The van der Waals surface area contributed by atoms with E-state index in [1.165, 1.54) is 6.07 Å². The zero-order valence-corrected chi connectivity index (χ0v) is 13.6. The van der Waals surface area contributed by atoms with Crippen LogP contribution in [0.15, 0.2) is 61.2 Å². The first kappa shape index (κ1) is 14.7. The summed E-state index contributed by atoms with van der Waals surface area (Å²) in [6, 6.07) is 10.8. The normalized spacial score (nSPS) is 11.4. The monoisotopic (exact) mass is 344 g/mol. The van der Waals surface area contributed by atoms with Crippen molar-refractivity contribution in [3.8, 4) is 11.3 Å². The number of hydrogen-bond acceptors (Lipinski definition) is 4. The Morgan fingerprint density at radius 3 is 2.92 bits per heavy atom. The van der Waals surface area contributed by atoms with Crippen LogP contribution in [0.3, 0.4) is 0 Å². The zero-order chi connectivity index (χ0) is 17.5. The molecule has 0 saturated carbocycles. The maximum absolute atomic E-state index is 14.5. The predicted molar refractivity (Wildman–Crippen MR) is 95.1 cm³/mol. The highest BCUT2D eigenvalue weighted by Gasteiger charge is 2.12. The number of halogens is 1. The molecule has 5 aromatic rings. The predicted octanol–water partition coefficient (Wildman–Crippen LogP) is 3.40. The van der Waals surface area contributed by atoms with Gasteiger partial charge in [-0.15, -0.1) is 0 Å². The molecular formula is C19H13FN6. The Kier molecular flexibility index (Phi) is 3.24. The van der Waals surface area contributed by atoms with Gasteiger partial charge in [0.25, 0.3) is 0 Å². The lowest BCUT2D eigenvalue weighted by Gasteiger charge is -2.06. The number of fused-ring (bicyclic) bond motifs is 2. The molecule has 1 aromatic carbocycles. The number of H-pyrrole nitrogens is 1. The molecule has 126 valence electrons. The SMILES string of the molecule is Fc1cc2ncccc2cc1Cc1cnc2ccc(-c3cn[nH]c3)nn12. The number of pyridine rings is 1. The molecule has 0 fully saturated rings. The minimum Gasteiger partial charge on any atom is -0.285 e. The van der Waals surface area contributed by atoms with E-state index in [-0.39, 0.29) is 5.82 Å². The van der Waals surface area contributed by atoms with Crippen LogP contribution in [-0.4, -0.2) is 29.8 Å². The van der Waals surface area contributed by atoms with E-state index in [0.717, 1.165) is 28.0 Å². The average molecular weight is 344 g/mol. The van der Waals surface area contributed by atoms with E-state index in [1.807, 2.05) is 30.3 Å². The molecule has 0 saturated heterocycles. The summed E-state index contributed by atoms with van der Waals surface area (Å²) in [5.74, 6) is -0.280. The van der Waals surface area contributed by atoms with E-state index in [2.05, 4.69) is 25.3 Å². The van der Waals surface area contributed by atoms with Gasteiger partial charge in [-0.2, -0.15) is 10.2 Å². The molecule has 6 nitrogen and oxygen atoms in total. The van der Waals surface area contributed by atoms with Crippen LogP contribution in [0, 0.1) is 5.82 Å². The lowest BCUT2D eigenvalue weighted by molar-refractivity contribution is 0.614. The van der Waals surface area contributed by atoms with Crippen LogP contribution in [0.5, 0.6) is 0 Å². The highest BCUT2D eigenvalue weighted by molar-refractivity contribution is 5.79. The second-order valence-corrected chi connectivity index (χ2v) is 6.04. The number of hydrogen-bond donors (Lipinski definition) is 1. The molecule has 0 amide bonds. The number of aromatic amines is 1. The van der Waals surface area contributed by atoms with E-state index in [0.29, 0.717) is 17.5 Å². The molecule has 0 bridgehead atoms. The van der Waals surface area contributed by atoms with Crippen LogP contribution in [-0.2, 0) is 6.42 Å². The van der Waals surface area contributed by atoms with Gasteiger partial charge in [-0.3, -0.25) is 10.1 Å². The molecule has 0 aliphatic carbocycles. The topological polar surface area (TPSA) is 71.8 Å². The van der Waals surface area contributed by atoms with Gasteiger partial charge in [0.05, 0.1) is 29.3 Å². The summed E-state index contributed by atoms with van der Waals surface area (Å²) in [6.45, 7) is 0. The van der Waals surface area contributed by atoms with Gasteiger partial charge in [0.1, 0.15) is 5.82 Å². The van der Waals surface area contributed by atoms with Gasteiger partial charge in [0.2, 0.25) is 0 Å². The van der Waals surface area contributed by atoms with E-state index in [9.17, 15) is 4.39 Å². The molecule has 0 atom stereocenters. The van der Waals surface area contributed by atoms with E-state index in [1.54, 1.807) is 29.3 Å². The largest absolute Gasteiger partial charge is 0.285 e. The molecule has 0 unspecified atom stereocenters. The van der Waals surface area contributed by atoms with Gasteiger partial charge >= 0.3 is 0 Å². The summed E-state index contributed by atoms with van der Waals surface area (Å²) >= 11 is 0. The Balaban J connectivity index is 1.59. The minimum absolute atomic E-state index is 0.280. The van der Waals surface area contributed by atoms with Crippen LogP contribution in [0.4, 0.5) is 4.39 Å². The van der Waals surface area contributed by atoms with Crippen molar-refractivity contribution in [3.63, 3.8) is 0 Å². The summed E-state index contributed by atoms with van der Waals surface area (Å²) < 4.78 is 16.3. The van der Waals surface area contributed by atoms with Crippen LogP contribution in [0.25, 0.3) is 27.8 Å². The molecule has 0 spiro atoms. The molecule has 4 heterocycles. The van der Waals surface area contributed by atoms with E-state index < -0.39 is 0 Å². The van der Waals surface area contributed by atoms with Crippen molar-refractivity contribution in [1.29, 1.82) is 0 Å². The summed E-state index contributed by atoms with van der Waals surface area (Å²) in [5.41, 5.74) is 4.42. The Morgan fingerprint density at radius 1 is 1.08 bits per heavy atom. The zero-order valence-electron chi connectivity index (χ0n) is 13.6. The third-order valence-corrected chi connectivity index (χ3v) is 4.37. The number of benzene rings is 1. The molecule has 1 N–H and O–H groups in total. The van der Waals surface area contributed by atoms with Crippen molar-refractivity contribution in [2.45, 2.75) is 6.42 Å². The van der Waals surface area contributed by atoms with Crippen molar-refractivity contribution < 1.29 is 4.39 Å². The Hall–Kier alpha value is -3.61. The van der Waals surface area contributed by atoms with E-state index >= 15 is 0 Å². The summed E-state index contributed by atoms with van der Waals surface area (Å²) in [6.07, 6.45) is 7.27. The summed E-state index contributed by atoms with van der Waals surface area (Å²) in [5, 5.41) is 12.3. The van der Waals surface area contributed by atoms with Gasteiger partial charge in [-0.05, 0) is 29.8 Å². The van der Waals surface area contributed by atoms with Crippen molar-refractivity contribution >= 4 is 16.6 Å². The van der Waals surface area contributed by atoms with Gasteiger partial charge in [0.15, 0.2) is 5.65 Å². The van der Waals surface area contributed by atoms with Gasteiger partial charge in [-0.1, -0.05) is 6.07 Å². The quantitative estimate of drug-likeness (QED) is 0.544. The number of aromatic nitrogens is 6. The van der Waals surface area contributed by atoms with Crippen molar-refractivity contribution in [2.75, 3.05) is 0 Å². The van der Waals surface area contributed by atoms with E-state index in [4.69, 9.17) is 0 Å². The van der Waals surface area contributed by atoms with Gasteiger partial charge in [-0.25, -0.2) is 13.9 Å². The maximum Gasteiger partial charge on any atom is 0.153 e. The van der Waals surface area contributed by atoms with Crippen molar-refractivity contribution in [1.82, 2.24) is 29.8 Å². The Labute approximate surface area is 147 Å². The van der Waals surface area contributed by atoms with Gasteiger partial charge in [0, 0.05) is 35.8 Å². The fourth-order valence-corrected chi connectivity index (χ4v) is 3.06. The first-order chi connectivity index (χ1) is 12.8. The standard InChI is InChI=1S/C19H13FN6/c20-16-8-18-12(2-1-5-21-18)6-13(16)7-15-11-22-19-4-3-17(25-26(15)19)14-9-23-24-10-14/h1-6,8-11H,7H2,(H,23,24). The minimum atomic E-state index is -0.280. The number of imidazole rings is 1. The number of nitrogens with zero attached hydrogens (tertiary/aromatic N) is 5. The summed E-state index contributed by atoms with van der Waals surface area (Å²) in [7, 11) is 0. The first-order valence-electron chi connectivity index (χ1n) is 8.14. The molecular weight excluding hydrogens is 331 g/mol. The summed E-state index contributed by atoms with van der Waals surface area (Å²) in [4.78, 5) is 8.56. The van der Waals surface area contributed by atoms with Crippen LogP contribution < -0.4 is 0 Å². The molecule has 0 aliphatic rings. The van der Waals surface area contributed by atoms with Gasteiger partial charge < -0.3 is 0 Å². The highest BCUT2D eigenvalue weighted by atomic mass is 19.1. The fourth-order valence-electron chi connectivity index (χ4n) is 3.06. The molecule has 0 radical (unpaired) electrons. The fraction of sp³-hybridized carbons (Fsp3) is 0.0526. The number of rotatable bonds is 3. The second-order valence-electron chi connectivity index (χ2n) is 6.04. The van der Waals surface area contributed by atoms with Crippen molar-refractivity contribution in [3.05, 3.63) is 78.3 Å². The third-order valence-electron chi connectivity index (χ3n) is 4.37. The molecule has 5 rings (SSSR count). The van der Waals surface area contributed by atoms with Crippen LogP contribution in [0.2, 0.25) is 0 Å². The Morgan fingerprint density at radius 2 is 2.04 bits per heavy atom. The smallest absolute Gasteiger partial charge is 0.153 e.